The van der Waals surface area contributed by atoms with Gasteiger partial charge in [-0.1, -0.05) is 18.2 Å². The quantitative estimate of drug-likeness (QED) is 0.728. The van der Waals surface area contributed by atoms with E-state index in [1.807, 2.05) is 72.9 Å². The Morgan fingerprint density at radius 3 is 2.33 bits per heavy atom. The van der Waals surface area contributed by atoms with Gasteiger partial charge in [0.1, 0.15) is 12.1 Å². The van der Waals surface area contributed by atoms with Crippen LogP contribution < -0.4 is 4.90 Å². The molecule has 1 aromatic heterocycles. The number of benzene rings is 1. The third-order valence-corrected chi connectivity index (χ3v) is 4.90. The first-order valence-corrected chi connectivity index (χ1v) is 10.3. The molecule has 0 bridgehead atoms. The fraction of sp³-hybridized carbons (Fsp3) is 0.500. The van der Waals surface area contributed by atoms with Crippen LogP contribution >= 0.6 is 0 Å². The predicted molar refractivity (Wildman–Crippen MR) is 115 cm³/mol. The molecular formula is C22H31N5O3. The van der Waals surface area contributed by atoms with Crippen LogP contribution in [-0.2, 0) is 16.1 Å². The van der Waals surface area contributed by atoms with Crippen molar-refractivity contribution in [1.82, 2.24) is 19.6 Å². The minimum absolute atomic E-state index is 0.0355. The second-order valence-corrected chi connectivity index (χ2v) is 8.39. The van der Waals surface area contributed by atoms with Crippen molar-refractivity contribution in [2.75, 3.05) is 44.2 Å². The zero-order valence-corrected chi connectivity index (χ0v) is 18.0. The summed E-state index contributed by atoms with van der Waals surface area (Å²) < 4.78 is 7.44. The number of amides is 2. The van der Waals surface area contributed by atoms with Crippen LogP contribution in [-0.4, -0.2) is 76.5 Å². The van der Waals surface area contributed by atoms with Gasteiger partial charge in [0.25, 0.3) is 0 Å². The molecule has 0 saturated carbocycles. The van der Waals surface area contributed by atoms with Gasteiger partial charge in [-0.25, -0.2) is 4.79 Å². The molecule has 1 saturated heterocycles. The lowest BCUT2D eigenvalue weighted by Gasteiger charge is -2.36. The highest BCUT2D eigenvalue weighted by atomic mass is 16.6. The van der Waals surface area contributed by atoms with Crippen molar-refractivity contribution in [3.8, 4) is 0 Å². The minimum atomic E-state index is -0.632. The van der Waals surface area contributed by atoms with Gasteiger partial charge in [0.05, 0.1) is 6.54 Å². The molecule has 1 aromatic carbocycles. The lowest BCUT2D eigenvalue weighted by Crippen LogP contribution is -2.52. The van der Waals surface area contributed by atoms with E-state index in [4.69, 9.17) is 4.74 Å². The first-order chi connectivity index (χ1) is 14.3. The van der Waals surface area contributed by atoms with Crippen molar-refractivity contribution in [1.29, 1.82) is 0 Å². The Kier molecular flexibility index (Phi) is 7.10. The fourth-order valence-electron chi connectivity index (χ4n) is 3.32. The molecule has 2 heterocycles. The number of hydrogen-bond acceptors (Lipinski definition) is 5. The number of anilines is 1. The van der Waals surface area contributed by atoms with Gasteiger partial charge >= 0.3 is 6.09 Å². The van der Waals surface area contributed by atoms with Crippen LogP contribution in [0, 0.1) is 0 Å². The van der Waals surface area contributed by atoms with Gasteiger partial charge in [0, 0.05) is 50.8 Å². The Labute approximate surface area is 178 Å². The summed E-state index contributed by atoms with van der Waals surface area (Å²) in [7, 11) is 0. The van der Waals surface area contributed by atoms with Crippen molar-refractivity contribution in [2.45, 2.75) is 32.9 Å². The summed E-state index contributed by atoms with van der Waals surface area (Å²) in [5, 5.41) is 4.22. The first-order valence-electron chi connectivity index (χ1n) is 10.3. The molecule has 2 aromatic rings. The number of aromatic nitrogens is 2. The summed E-state index contributed by atoms with van der Waals surface area (Å²) in [5.74, 6) is -0.0727. The van der Waals surface area contributed by atoms with E-state index in [2.05, 4.69) is 10.00 Å². The van der Waals surface area contributed by atoms with Crippen LogP contribution in [0.4, 0.5) is 10.5 Å². The lowest BCUT2D eigenvalue weighted by atomic mass is 10.2. The molecule has 0 radical (unpaired) electrons. The van der Waals surface area contributed by atoms with E-state index in [9.17, 15) is 9.59 Å². The van der Waals surface area contributed by atoms with Crippen LogP contribution in [0.15, 0.2) is 48.8 Å². The Bertz CT molecular complexity index is 809. The molecule has 30 heavy (non-hydrogen) atoms. The predicted octanol–water partition coefficient (Wildman–Crippen LogP) is 2.47. The Hall–Kier alpha value is -2.87. The Morgan fingerprint density at radius 2 is 1.73 bits per heavy atom. The molecule has 8 heteroatoms. The van der Waals surface area contributed by atoms with Crippen LogP contribution in [0.3, 0.4) is 0 Å². The SMILES string of the molecule is CC(C)(C)OC(=O)N(CC(=O)N1CCN(CCn2cccn2)CC1)c1ccccc1. The summed E-state index contributed by atoms with van der Waals surface area (Å²) in [5.41, 5.74) is 0.0193. The zero-order chi connectivity index (χ0) is 21.6. The standard InChI is InChI=1S/C22H31N5O3/c1-22(2,3)30-21(29)27(19-8-5-4-6-9-19)18-20(28)25-15-12-24(13-16-25)14-17-26-11-7-10-23-26/h4-11H,12-18H2,1-3H3. The number of para-hydroxylation sites is 1. The van der Waals surface area contributed by atoms with Gasteiger partial charge in [-0.3, -0.25) is 19.3 Å². The van der Waals surface area contributed by atoms with E-state index < -0.39 is 11.7 Å². The number of nitrogens with zero attached hydrogens (tertiary/aromatic N) is 5. The second-order valence-electron chi connectivity index (χ2n) is 8.39. The minimum Gasteiger partial charge on any atom is -0.443 e. The van der Waals surface area contributed by atoms with Crippen molar-refractivity contribution >= 4 is 17.7 Å². The smallest absolute Gasteiger partial charge is 0.415 e. The second kappa shape index (κ2) is 9.75. The fourth-order valence-corrected chi connectivity index (χ4v) is 3.32. The summed E-state index contributed by atoms with van der Waals surface area (Å²) in [6.07, 6.45) is 3.22. The largest absolute Gasteiger partial charge is 0.443 e. The average Bonchev–Trinajstić information content (AvgIpc) is 3.23. The maximum Gasteiger partial charge on any atom is 0.415 e. The summed E-state index contributed by atoms with van der Waals surface area (Å²) in [4.78, 5) is 31.3. The number of rotatable bonds is 6. The third-order valence-electron chi connectivity index (χ3n) is 4.90. The zero-order valence-electron chi connectivity index (χ0n) is 18.0. The molecular weight excluding hydrogens is 382 g/mol. The third kappa shape index (κ3) is 6.32. The molecule has 1 aliphatic heterocycles. The molecule has 3 rings (SSSR count). The maximum atomic E-state index is 12.9. The van der Waals surface area contributed by atoms with Gasteiger partial charge in [-0.2, -0.15) is 5.10 Å². The molecule has 0 spiro atoms. The van der Waals surface area contributed by atoms with Gasteiger partial charge in [0.2, 0.25) is 5.91 Å². The van der Waals surface area contributed by atoms with Gasteiger partial charge < -0.3 is 9.64 Å². The van der Waals surface area contributed by atoms with Crippen LogP contribution in [0.5, 0.6) is 0 Å². The van der Waals surface area contributed by atoms with Gasteiger partial charge in [-0.05, 0) is 39.0 Å². The number of ether oxygens (including phenoxy) is 1. The molecule has 2 amide bonds. The number of carbonyl (C=O) groups excluding carboxylic acids is 2. The Morgan fingerprint density at radius 1 is 1.03 bits per heavy atom. The summed E-state index contributed by atoms with van der Waals surface area (Å²) >= 11 is 0. The lowest BCUT2D eigenvalue weighted by molar-refractivity contribution is -0.131. The van der Waals surface area contributed by atoms with Crippen LogP contribution in [0.25, 0.3) is 0 Å². The molecule has 0 atom stereocenters. The van der Waals surface area contributed by atoms with Crippen LogP contribution in [0.2, 0.25) is 0 Å². The van der Waals surface area contributed by atoms with Gasteiger partial charge in [0.15, 0.2) is 0 Å². The van der Waals surface area contributed by atoms with Crippen molar-refractivity contribution < 1.29 is 14.3 Å². The molecule has 0 N–H and O–H groups in total. The number of carbonyl (C=O) groups is 2. The number of hydrogen-bond donors (Lipinski definition) is 0. The van der Waals surface area contributed by atoms with Crippen molar-refractivity contribution in [3.05, 3.63) is 48.8 Å². The monoisotopic (exact) mass is 413 g/mol. The van der Waals surface area contributed by atoms with Crippen LogP contribution in [0.1, 0.15) is 20.8 Å². The molecule has 8 nitrogen and oxygen atoms in total. The van der Waals surface area contributed by atoms with E-state index in [1.165, 1.54) is 4.90 Å². The van der Waals surface area contributed by atoms with Crippen molar-refractivity contribution in [2.24, 2.45) is 0 Å². The van der Waals surface area contributed by atoms with E-state index in [-0.39, 0.29) is 12.5 Å². The van der Waals surface area contributed by atoms with E-state index in [1.54, 1.807) is 6.20 Å². The highest BCUT2D eigenvalue weighted by Gasteiger charge is 2.28. The van der Waals surface area contributed by atoms with Crippen molar-refractivity contribution in [3.63, 3.8) is 0 Å². The summed E-state index contributed by atoms with van der Waals surface area (Å²) in [6.45, 7) is 10.1. The highest BCUT2D eigenvalue weighted by molar-refractivity contribution is 5.95. The molecule has 0 unspecified atom stereocenters. The van der Waals surface area contributed by atoms with E-state index in [0.29, 0.717) is 18.8 Å². The maximum absolute atomic E-state index is 12.9. The molecule has 1 fully saturated rings. The number of piperazine rings is 1. The average molecular weight is 414 g/mol. The van der Waals surface area contributed by atoms with Gasteiger partial charge in [-0.15, -0.1) is 0 Å². The normalized spacial score (nSPS) is 15.1. The summed E-state index contributed by atoms with van der Waals surface area (Å²) in [6, 6.07) is 11.1. The van der Waals surface area contributed by atoms with E-state index >= 15 is 0 Å². The Balaban J connectivity index is 1.56. The highest BCUT2D eigenvalue weighted by Crippen LogP contribution is 2.18. The topological polar surface area (TPSA) is 70.9 Å². The molecule has 162 valence electrons. The first kappa shape index (κ1) is 21.8. The molecule has 1 aliphatic rings. The van der Waals surface area contributed by atoms with E-state index in [0.717, 1.165) is 26.2 Å². The molecule has 0 aliphatic carbocycles.